The monoisotopic (exact) mass is 272 g/mol. The fourth-order valence-corrected chi connectivity index (χ4v) is 2.27. The molecule has 1 aromatic rings. The van der Waals surface area contributed by atoms with Crippen molar-refractivity contribution in [1.82, 2.24) is 4.90 Å². The normalized spacial score (nSPS) is 14.6. The van der Waals surface area contributed by atoms with Crippen LogP contribution in [0.4, 0.5) is 0 Å². The minimum absolute atomic E-state index is 0.461. The third-order valence-corrected chi connectivity index (χ3v) is 3.77. The lowest BCUT2D eigenvalue weighted by Crippen LogP contribution is -2.36. The highest BCUT2D eigenvalue weighted by Crippen LogP contribution is 2.30. The zero-order chi connectivity index (χ0) is 14.4. The van der Waals surface area contributed by atoms with Crippen molar-refractivity contribution in [1.29, 1.82) is 5.26 Å². The first-order valence-corrected chi connectivity index (χ1v) is 7.51. The molecule has 3 heteroatoms. The zero-order valence-electron chi connectivity index (χ0n) is 12.5. The molecule has 0 aromatic heterocycles. The maximum atomic E-state index is 8.63. The highest BCUT2D eigenvalue weighted by Gasteiger charge is 2.25. The van der Waals surface area contributed by atoms with Crippen molar-refractivity contribution in [3.63, 3.8) is 0 Å². The first kappa shape index (κ1) is 14.9. The second-order valence-electron chi connectivity index (χ2n) is 5.86. The van der Waals surface area contributed by atoms with Gasteiger partial charge in [-0.2, -0.15) is 5.26 Å². The molecule has 0 bridgehead atoms. The van der Waals surface area contributed by atoms with E-state index in [0.717, 1.165) is 30.4 Å². The van der Waals surface area contributed by atoms with Crippen LogP contribution in [0.15, 0.2) is 24.3 Å². The van der Waals surface area contributed by atoms with Crippen LogP contribution in [0.2, 0.25) is 0 Å². The molecule has 1 aliphatic rings. The highest BCUT2D eigenvalue weighted by molar-refractivity contribution is 5.28. The summed E-state index contributed by atoms with van der Waals surface area (Å²) in [6.07, 6.45) is 3.25. The summed E-state index contributed by atoms with van der Waals surface area (Å²) in [7, 11) is 0. The SMILES string of the molecule is CC(C)N(CCOc1ccc(CC#N)cc1)CC1CC1. The number of rotatable bonds is 8. The van der Waals surface area contributed by atoms with E-state index in [9.17, 15) is 0 Å². The Balaban J connectivity index is 1.74. The van der Waals surface area contributed by atoms with Gasteiger partial charge in [0.25, 0.3) is 0 Å². The average molecular weight is 272 g/mol. The fourth-order valence-electron chi connectivity index (χ4n) is 2.27. The predicted molar refractivity (Wildman–Crippen MR) is 80.7 cm³/mol. The molecule has 1 aromatic carbocycles. The molecule has 0 unspecified atom stereocenters. The summed E-state index contributed by atoms with van der Waals surface area (Å²) in [6.45, 7) is 7.41. The van der Waals surface area contributed by atoms with Crippen molar-refractivity contribution in [2.24, 2.45) is 5.92 Å². The number of nitrogens with zero attached hydrogens (tertiary/aromatic N) is 2. The number of hydrogen-bond acceptors (Lipinski definition) is 3. The topological polar surface area (TPSA) is 36.3 Å². The lowest BCUT2D eigenvalue weighted by molar-refractivity contribution is 0.170. The highest BCUT2D eigenvalue weighted by atomic mass is 16.5. The van der Waals surface area contributed by atoms with Crippen LogP contribution in [0.3, 0.4) is 0 Å². The van der Waals surface area contributed by atoms with E-state index < -0.39 is 0 Å². The van der Waals surface area contributed by atoms with E-state index >= 15 is 0 Å². The Labute approximate surface area is 122 Å². The molecule has 20 heavy (non-hydrogen) atoms. The molecule has 0 spiro atoms. The van der Waals surface area contributed by atoms with E-state index in [1.54, 1.807) is 0 Å². The molecule has 3 nitrogen and oxygen atoms in total. The smallest absolute Gasteiger partial charge is 0.119 e. The number of benzene rings is 1. The van der Waals surface area contributed by atoms with Crippen LogP contribution in [-0.4, -0.2) is 30.6 Å². The van der Waals surface area contributed by atoms with Gasteiger partial charge < -0.3 is 4.74 Å². The summed E-state index contributed by atoms with van der Waals surface area (Å²) in [5, 5.41) is 8.63. The summed E-state index contributed by atoms with van der Waals surface area (Å²) >= 11 is 0. The van der Waals surface area contributed by atoms with Gasteiger partial charge in [-0.05, 0) is 50.3 Å². The Bertz CT molecular complexity index is 443. The molecule has 0 saturated heterocycles. The molecule has 0 atom stereocenters. The second-order valence-corrected chi connectivity index (χ2v) is 5.86. The van der Waals surface area contributed by atoms with E-state index in [1.165, 1.54) is 19.4 Å². The van der Waals surface area contributed by atoms with Gasteiger partial charge in [0.1, 0.15) is 12.4 Å². The first-order valence-electron chi connectivity index (χ1n) is 7.51. The van der Waals surface area contributed by atoms with Crippen molar-refractivity contribution < 1.29 is 4.74 Å². The maximum Gasteiger partial charge on any atom is 0.119 e. The molecule has 2 rings (SSSR count). The zero-order valence-corrected chi connectivity index (χ0v) is 12.5. The third-order valence-electron chi connectivity index (χ3n) is 3.77. The van der Waals surface area contributed by atoms with Crippen molar-refractivity contribution in [2.45, 2.75) is 39.2 Å². The van der Waals surface area contributed by atoms with Gasteiger partial charge in [-0.25, -0.2) is 0 Å². The molecule has 0 amide bonds. The minimum atomic E-state index is 0.461. The Morgan fingerprint density at radius 2 is 2.00 bits per heavy atom. The molecule has 0 heterocycles. The van der Waals surface area contributed by atoms with Crippen LogP contribution in [0, 0.1) is 17.2 Å². The largest absolute Gasteiger partial charge is 0.492 e. The van der Waals surface area contributed by atoms with Gasteiger partial charge in [-0.3, -0.25) is 4.90 Å². The quantitative estimate of drug-likeness (QED) is 0.729. The molecule has 1 fully saturated rings. The van der Waals surface area contributed by atoms with Gasteiger partial charge in [0.05, 0.1) is 12.5 Å². The Morgan fingerprint density at radius 3 is 2.55 bits per heavy atom. The molecule has 108 valence electrons. The van der Waals surface area contributed by atoms with Gasteiger partial charge in [0.2, 0.25) is 0 Å². The molecule has 0 N–H and O–H groups in total. The first-order chi connectivity index (χ1) is 9.69. The predicted octanol–water partition coefficient (Wildman–Crippen LogP) is 3.25. The van der Waals surface area contributed by atoms with Gasteiger partial charge >= 0.3 is 0 Å². The summed E-state index contributed by atoms with van der Waals surface area (Å²) in [5.74, 6) is 1.81. The molecule has 1 aliphatic carbocycles. The van der Waals surface area contributed by atoms with Gasteiger partial charge in [-0.15, -0.1) is 0 Å². The van der Waals surface area contributed by atoms with Crippen molar-refractivity contribution in [3.05, 3.63) is 29.8 Å². The van der Waals surface area contributed by atoms with Crippen molar-refractivity contribution >= 4 is 0 Å². The summed E-state index contributed by atoms with van der Waals surface area (Å²) in [4.78, 5) is 2.50. The Hall–Kier alpha value is -1.53. The minimum Gasteiger partial charge on any atom is -0.492 e. The number of nitriles is 1. The molecule has 0 radical (unpaired) electrons. The fraction of sp³-hybridized carbons (Fsp3) is 0.588. The summed E-state index contributed by atoms with van der Waals surface area (Å²) < 4.78 is 5.80. The van der Waals surface area contributed by atoms with E-state index in [-0.39, 0.29) is 0 Å². The lowest BCUT2D eigenvalue weighted by Gasteiger charge is -2.26. The Kier molecular flexibility index (Phi) is 5.43. The molecule has 1 saturated carbocycles. The standard InChI is InChI=1S/C17H24N2O/c1-14(2)19(13-16-3-4-16)11-12-20-17-7-5-15(6-8-17)9-10-18/h5-8,14,16H,3-4,9,11-13H2,1-2H3. The van der Waals surface area contributed by atoms with E-state index in [2.05, 4.69) is 24.8 Å². The molecule has 0 aliphatic heterocycles. The molecular formula is C17H24N2O. The van der Waals surface area contributed by atoms with Gasteiger partial charge in [0.15, 0.2) is 0 Å². The maximum absolute atomic E-state index is 8.63. The van der Waals surface area contributed by atoms with Crippen LogP contribution in [-0.2, 0) is 6.42 Å². The van der Waals surface area contributed by atoms with Crippen molar-refractivity contribution in [3.8, 4) is 11.8 Å². The Morgan fingerprint density at radius 1 is 1.30 bits per heavy atom. The average Bonchev–Trinajstić information content (AvgIpc) is 3.24. The summed E-state index contributed by atoms with van der Waals surface area (Å²) in [5.41, 5.74) is 1.04. The number of hydrogen-bond donors (Lipinski definition) is 0. The molecular weight excluding hydrogens is 248 g/mol. The van der Waals surface area contributed by atoms with E-state index in [4.69, 9.17) is 10.00 Å². The lowest BCUT2D eigenvalue weighted by atomic mass is 10.2. The van der Waals surface area contributed by atoms with Crippen LogP contribution >= 0.6 is 0 Å². The van der Waals surface area contributed by atoms with Crippen LogP contribution in [0.5, 0.6) is 5.75 Å². The van der Waals surface area contributed by atoms with E-state index in [0.29, 0.717) is 12.5 Å². The van der Waals surface area contributed by atoms with Crippen LogP contribution < -0.4 is 4.74 Å². The van der Waals surface area contributed by atoms with E-state index in [1.807, 2.05) is 24.3 Å². The third kappa shape index (κ3) is 4.86. The van der Waals surface area contributed by atoms with Crippen molar-refractivity contribution in [2.75, 3.05) is 19.7 Å². The van der Waals surface area contributed by atoms with Crippen LogP contribution in [0.1, 0.15) is 32.3 Å². The van der Waals surface area contributed by atoms with Gasteiger partial charge in [-0.1, -0.05) is 12.1 Å². The summed E-state index contributed by atoms with van der Waals surface area (Å²) in [6, 6.07) is 10.6. The number of ether oxygens (including phenoxy) is 1. The second kappa shape index (κ2) is 7.31. The van der Waals surface area contributed by atoms with Gasteiger partial charge in [0, 0.05) is 19.1 Å². The van der Waals surface area contributed by atoms with Crippen LogP contribution in [0.25, 0.3) is 0 Å².